The first-order chi connectivity index (χ1) is 14.5. The molecule has 4 rings (SSSR count). The van der Waals surface area contributed by atoms with Crippen molar-refractivity contribution in [3.8, 4) is 11.1 Å². The summed E-state index contributed by atoms with van der Waals surface area (Å²) in [4.78, 5) is 20.1. The lowest BCUT2D eigenvalue weighted by Crippen LogP contribution is -2.27. The maximum absolute atomic E-state index is 12.4. The number of hydrogen-bond acceptors (Lipinski definition) is 2. The number of amides is 1. The fourth-order valence-corrected chi connectivity index (χ4v) is 3.69. The third kappa shape index (κ3) is 4.66. The van der Waals surface area contributed by atoms with Crippen LogP contribution in [-0.2, 0) is 11.2 Å². The van der Waals surface area contributed by atoms with Crippen LogP contribution in [0.2, 0.25) is 10.0 Å². The van der Waals surface area contributed by atoms with Gasteiger partial charge in [-0.05, 0) is 42.2 Å². The van der Waals surface area contributed by atoms with Gasteiger partial charge in [0.2, 0.25) is 5.91 Å². The molecular formula is C24H21Cl2N3O. The molecule has 1 heterocycles. The number of aryl methyl sites for hydroxylation is 1. The van der Waals surface area contributed by atoms with Gasteiger partial charge >= 0.3 is 0 Å². The zero-order valence-electron chi connectivity index (χ0n) is 16.5. The van der Waals surface area contributed by atoms with Gasteiger partial charge in [0, 0.05) is 6.42 Å². The van der Waals surface area contributed by atoms with Crippen molar-refractivity contribution in [1.82, 2.24) is 15.3 Å². The lowest BCUT2D eigenvalue weighted by molar-refractivity contribution is -0.121. The quantitative estimate of drug-likeness (QED) is 0.369. The van der Waals surface area contributed by atoms with Crippen molar-refractivity contribution in [3.05, 3.63) is 88.2 Å². The number of imidazole rings is 1. The minimum Gasteiger partial charge on any atom is -0.346 e. The number of rotatable bonds is 6. The number of nitrogens with one attached hydrogen (secondary N) is 2. The van der Waals surface area contributed by atoms with Crippen LogP contribution in [0.5, 0.6) is 0 Å². The summed E-state index contributed by atoms with van der Waals surface area (Å²) < 4.78 is 0. The molecule has 2 N–H and O–H groups in total. The number of carbonyl (C=O) groups excluding carboxylic acids is 1. The first-order valence-electron chi connectivity index (χ1n) is 9.78. The van der Waals surface area contributed by atoms with Gasteiger partial charge in [-0.1, -0.05) is 77.8 Å². The van der Waals surface area contributed by atoms with Crippen molar-refractivity contribution in [1.29, 1.82) is 0 Å². The Bertz CT molecular complexity index is 1130. The average Bonchev–Trinajstić information content (AvgIpc) is 3.16. The van der Waals surface area contributed by atoms with Crippen LogP contribution in [0.15, 0.2) is 66.7 Å². The molecule has 0 saturated heterocycles. The Morgan fingerprint density at radius 2 is 1.67 bits per heavy atom. The Labute approximate surface area is 185 Å². The van der Waals surface area contributed by atoms with Crippen molar-refractivity contribution in [3.63, 3.8) is 0 Å². The van der Waals surface area contributed by atoms with Crippen LogP contribution >= 0.6 is 23.2 Å². The first kappa shape index (κ1) is 20.5. The van der Waals surface area contributed by atoms with E-state index in [0.29, 0.717) is 28.7 Å². The molecule has 0 radical (unpaired) electrons. The second-order valence-electron chi connectivity index (χ2n) is 7.26. The molecule has 3 aromatic carbocycles. The van der Waals surface area contributed by atoms with E-state index in [1.54, 1.807) is 12.1 Å². The van der Waals surface area contributed by atoms with Gasteiger partial charge < -0.3 is 10.3 Å². The third-order valence-corrected chi connectivity index (χ3v) is 5.75. The summed E-state index contributed by atoms with van der Waals surface area (Å²) in [5, 5.41) is 3.92. The molecule has 4 aromatic rings. The summed E-state index contributed by atoms with van der Waals surface area (Å²) in [5.74, 6) is 0.648. The number of H-pyrrole nitrogens is 1. The molecule has 0 saturated carbocycles. The number of halogens is 2. The minimum atomic E-state index is -0.247. The van der Waals surface area contributed by atoms with E-state index in [0.717, 1.165) is 16.6 Å². The average molecular weight is 438 g/mol. The normalized spacial score (nSPS) is 12.1. The number of fused-ring (bicyclic) bond motifs is 1. The molecule has 1 atom stereocenters. The molecule has 30 heavy (non-hydrogen) atoms. The molecule has 152 valence electrons. The fourth-order valence-electron chi connectivity index (χ4n) is 3.36. The molecule has 0 aliphatic carbocycles. The minimum absolute atomic E-state index is 0.0221. The second-order valence-corrected chi connectivity index (χ2v) is 8.07. The lowest BCUT2D eigenvalue weighted by Gasteiger charge is -2.11. The smallest absolute Gasteiger partial charge is 0.220 e. The topological polar surface area (TPSA) is 57.8 Å². The van der Waals surface area contributed by atoms with Crippen LogP contribution in [-0.4, -0.2) is 15.9 Å². The lowest BCUT2D eigenvalue weighted by atomic mass is 10.0. The Kier molecular flexibility index (Phi) is 6.07. The van der Waals surface area contributed by atoms with E-state index in [1.807, 2.05) is 25.1 Å². The molecule has 0 bridgehead atoms. The molecule has 1 amide bonds. The van der Waals surface area contributed by atoms with E-state index in [4.69, 9.17) is 23.2 Å². The molecule has 0 aliphatic heterocycles. The third-order valence-electron chi connectivity index (χ3n) is 5.03. The van der Waals surface area contributed by atoms with Gasteiger partial charge in [0.15, 0.2) is 0 Å². The van der Waals surface area contributed by atoms with E-state index >= 15 is 0 Å². The first-order valence-corrected chi connectivity index (χ1v) is 10.5. The fraction of sp³-hybridized carbons (Fsp3) is 0.167. The zero-order chi connectivity index (χ0) is 21.1. The van der Waals surface area contributed by atoms with Crippen LogP contribution in [0.4, 0.5) is 0 Å². The summed E-state index contributed by atoms with van der Waals surface area (Å²) in [7, 11) is 0. The monoisotopic (exact) mass is 437 g/mol. The molecule has 0 aliphatic rings. The van der Waals surface area contributed by atoms with Crippen molar-refractivity contribution >= 4 is 40.1 Å². The van der Waals surface area contributed by atoms with Gasteiger partial charge in [0.25, 0.3) is 0 Å². The Balaban J connectivity index is 1.34. The van der Waals surface area contributed by atoms with Gasteiger partial charge in [0.1, 0.15) is 5.82 Å². The van der Waals surface area contributed by atoms with Gasteiger partial charge in [-0.3, -0.25) is 4.79 Å². The molecule has 4 nitrogen and oxygen atoms in total. The molecule has 6 heteroatoms. The summed E-state index contributed by atoms with van der Waals surface area (Å²) >= 11 is 12.1. The van der Waals surface area contributed by atoms with Gasteiger partial charge in [-0.15, -0.1) is 0 Å². The molecule has 1 aromatic heterocycles. The maximum atomic E-state index is 12.4. The summed E-state index contributed by atoms with van der Waals surface area (Å²) in [6.07, 6.45) is 1.09. The SMILES string of the molecule is C[C@H](NC(=O)CCc1ccc(-c2ccccc2)cc1)c1nc2cc(Cl)c(Cl)cc2[nH]1. The van der Waals surface area contributed by atoms with E-state index in [9.17, 15) is 4.79 Å². The predicted octanol–water partition coefficient (Wildman–Crippen LogP) is 6.35. The van der Waals surface area contributed by atoms with Crippen molar-refractivity contribution < 1.29 is 4.79 Å². The molecular weight excluding hydrogens is 417 g/mol. The highest BCUT2D eigenvalue weighted by Gasteiger charge is 2.15. The standard InChI is InChI=1S/C24H21Cl2N3O/c1-15(24-28-21-13-19(25)20(26)14-22(21)29-24)27-23(30)12-9-16-7-10-18(11-8-16)17-5-3-2-4-6-17/h2-8,10-11,13-15H,9,12H2,1H3,(H,27,30)(H,28,29)/t15-/m0/s1. The van der Waals surface area contributed by atoms with Crippen LogP contribution in [0, 0.1) is 0 Å². The zero-order valence-corrected chi connectivity index (χ0v) is 18.0. The Morgan fingerprint density at radius 3 is 2.40 bits per heavy atom. The molecule has 0 fully saturated rings. The summed E-state index contributed by atoms with van der Waals surface area (Å²) in [6.45, 7) is 1.90. The Morgan fingerprint density at radius 1 is 1.00 bits per heavy atom. The maximum Gasteiger partial charge on any atom is 0.220 e. The van der Waals surface area contributed by atoms with Gasteiger partial charge in [-0.2, -0.15) is 0 Å². The largest absolute Gasteiger partial charge is 0.346 e. The van der Waals surface area contributed by atoms with Gasteiger partial charge in [-0.25, -0.2) is 4.98 Å². The molecule has 0 unspecified atom stereocenters. The number of carbonyl (C=O) groups is 1. The highest BCUT2D eigenvalue weighted by Crippen LogP contribution is 2.27. The van der Waals surface area contributed by atoms with Crippen LogP contribution in [0.1, 0.15) is 30.8 Å². The highest BCUT2D eigenvalue weighted by atomic mass is 35.5. The predicted molar refractivity (Wildman–Crippen MR) is 123 cm³/mol. The molecule has 0 spiro atoms. The van der Waals surface area contributed by atoms with Crippen LogP contribution in [0.3, 0.4) is 0 Å². The van der Waals surface area contributed by atoms with Crippen molar-refractivity contribution in [2.45, 2.75) is 25.8 Å². The van der Waals surface area contributed by atoms with E-state index in [1.165, 1.54) is 11.1 Å². The van der Waals surface area contributed by atoms with Crippen LogP contribution < -0.4 is 5.32 Å². The van der Waals surface area contributed by atoms with E-state index in [-0.39, 0.29) is 11.9 Å². The number of nitrogens with zero attached hydrogens (tertiary/aromatic N) is 1. The van der Waals surface area contributed by atoms with Crippen molar-refractivity contribution in [2.24, 2.45) is 0 Å². The summed E-state index contributed by atoms with van der Waals surface area (Å²) in [6, 6.07) is 21.8. The van der Waals surface area contributed by atoms with E-state index < -0.39 is 0 Å². The highest BCUT2D eigenvalue weighted by molar-refractivity contribution is 6.42. The number of aromatic nitrogens is 2. The summed E-state index contributed by atoms with van der Waals surface area (Å²) in [5.41, 5.74) is 5.00. The van der Waals surface area contributed by atoms with Gasteiger partial charge in [0.05, 0.1) is 27.1 Å². The van der Waals surface area contributed by atoms with Crippen LogP contribution in [0.25, 0.3) is 22.2 Å². The number of hydrogen-bond donors (Lipinski definition) is 2. The number of benzene rings is 3. The van der Waals surface area contributed by atoms with Crippen molar-refractivity contribution in [2.75, 3.05) is 0 Å². The number of aromatic amines is 1. The van der Waals surface area contributed by atoms with E-state index in [2.05, 4.69) is 51.7 Å². The second kappa shape index (κ2) is 8.90. The Hall–Kier alpha value is -2.82.